The summed E-state index contributed by atoms with van der Waals surface area (Å²) >= 11 is 0. The predicted molar refractivity (Wildman–Crippen MR) is 104 cm³/mol. The van der Waals surface area contributed by atoms with Gasteiger partial charge in [0, 0.05) is 44.4 Å². The number of pyridine rings is 1. The molecule has 1 aliphatic heterocycles. The van der Waals surface area contributed by atoms with Crippen molar-refractivity contribution in [1.29, 1.82) is 0 Å². The van der Waals surface area contributed by atoms with Crippen LogP contribution in [0.5, 0.6) is 0 Å². The molecule has 0 unspecified atom stereocenters. The van der Waals surface area contributed by atoms with Gasteiger partial charge in [-0.15, -0.1) is 0 Å². The second kappa shape index (κ2) is 9.45. The number of hydrogen-bond donors (Lipinski definition) is 3. The maximum absolute atomic E-state index is 5.50. The number of rotatable bonds is 8. The van der Waals surface area contributed by atoms with Crippen LogP contribution >= 0.6 is 0 Å². The topological polar surface area (TPSA) is 84.0 Å². The highest BCUT2D eigenvalue weighted by Gasteiger charge is 2.16. The number of nitrogens with one attached hydrogen (secondary N) is 3. The molecule has 0 aromatic carbocycles. The van der Waals surface area contributed by atoms with Gasteiger partial charge in [0.25, 0.3) is 0 Å². The zero-order chi connectivity index (χ0) is 18.2. The van der Waals surface area contributed by atoms with Crippen molar-refractivity contribution in [2.45, 2.75) is 33.3 Å². The molecule has 0 saturated heterocycles. The van der Waals surface area contributed by atoms with E-state index in [1.807, 2.05) is 13.0 Å². The summed E-state index contributed by atoms with van der Waals surface area (Å²) in [4.78, 5) is 13.8. The van der Waals surface area contributed by atoms with Crippen LogP contribution in [0.2, 0.25) is 0 Å². The van der Waals surface area contributed by atoms with Crippen LogP contribution < -0.4 is 16.0 Å². The Morgan fingerprint density at radius 2 is 1.92 bits per heavy atom. The maximum atomic E-state index is 5.50. The van der Waals surface area contributed by atoms with Gasteiger partial charge in [-0.1, -0.05) is 6.07 Å². The van der Waals surface area contributed by atoms with Gasteiger partial charge in [-0.25, -0.2) is 15.0 Å². The highest BCUT2D eigenvalue weighted by Crippen LogP contribution is 2.20. The Morgan fingerprint density at radius 1 is 1.12 bits per heavy atom. The Morgan fingerprint density at radius 3 is 2.73 bits per heavy atom. The second-order valence-electron chi connectivity index (χ2n) is 6.32. The van der Waals surface area contributed by atoms with Crippen LogP contribution in [0.1, 0.15) is 29.6 Å². The molecule has 0 bridgehead atoms. The lowest BCUT2D eigenvalue weighted by atomic mass is 10.1. The Bertz CT molecular complexity index is 721. The fourth-order valence-corrected chi connectivity index (χ4v) is 3.03. The zero-order valence-electron chi connectivity index (χ0n) is 15.6. The first kappa shape index (κ1) is 18.5. The number of ether oxygens (including phenoxy) is 1. The smallest absolute Gasteiger partial charge is 0.156 e. The lowest BCUT2D eigenvalue weighted by Gasteiger charge is -2.15. The van der Waals surface area contributed by atoms with E-state index in [-0.39, 0.29) is 0 Å². The maximum Gasteiger partial charge on any atom is 0.156 e. The molecule has 1 aliphatic rings. The molecule has 3 rings (SSSR count). The molecule has 7 nitrogen and oxygen atoms in total. The summed E-state index contributed by atoms with van der Waals surface area (Å²) < 4.78 is 5.50. The second-order valence-corrected chi connectivity index (χ2v) is 6.32. The fraction of sp³-hybridized carbons (Fsp3) is 0.526. The first-order valence-electron chi connectivity index (χ1n) is 9.34. The third kappa shape index (κ3) is 4.89. The highest BCUT2D eigenvalue weighted by molar-refractivity contribution is 5.48. The lowest BCUT2D eigenvalue weighted by Crippen LogP contribution is -2.19. The molecule has 0 amide bonds. The van der Waals surface area contributed by atoms with Crippen molar-refractivity contribution in [3.05, 3.63) is 41.0 Å². The first-order valence-corrected chi connectivity index (χ1v) is 9.34. The summed E-state index contributed by atoms with van der Waals surface area (Å²) in [5, 5.41) is 10.3. The minimum Gasteiger partial charge on any atom is -0.374 e. The monoisotopic (exact) mass is 356 g/mol. The SMILES string of the molecule is CCOCc1nc2c(c(NCCNc3ncccc3C)n1)CCNCC2. The molecule has 0 aliphatic carbocycles. The van der Waals surface area contributed by atoms with Gasteiger partial charge < -0.3 is 20.7 Å². The van der Waals surface area contributed by atoms with Gasteiger partial charge in [-0.3, -0.25) is 0 Å². The largest absolute Gasteiger partial charge is 0.374 e. The number of hydrogen-bond acceptors (Lipinski definition) is 7. The van der Waals surface area contributed by atoms with Crippen LogP contribution in [0.4, 0.5) is 11.6 Å². The number of anilines is 2. The first-order chi connectivity index (χ1) is 12.8. The minimum absolute atomic E-state index is 0.456. The Balaban J connectivity index is 1.66. The molecule has 3 N–H and O–H groups in total. The van der Waals surface area contributed by atoms with Crippen molar-refractivity contribution in [3.8, 4) is 0 Å². The summed E-state index contributed by atoms with van der Waals surface area (Å²) in [6.07, 6.45) is 3.68. The third-order valence-electron chi connectivity index (χ3n) is 4.38. The minimum atomic E-state index is 0.456. The Labute approximate surface area is 155 Å². The normalized spacial score (nSPS) is 13.8. The predicted octanol–water partition coefficient (Wildman–Crippen LogP) is 1.93. The molecule has 140 valence electrons. The van der Waals surface area contributed by atoms with Gasteiger partial charge >= 0.3 is 0 Å². The zero-order valence-corrected chi connectivity index (χ0v) is 15.6. The van der Waals surface area contributed by atoms with E-state index in [2.05, 4.69) is 33.9 Å². The van der Waals surface area contributed by atoms with Gasteiger partial charge in [-0.05, 0) is 38.4 Å². The van der Waals surface area contributed by atoms with Gasteiger partial charge in [-0.2, -0.15) is 0 Å². The lowest BCUT2D eigenvalue weighted by molar-refractivity contribution is 0.128. The molecule has 0 fully saturated rings. The standard InChI is InChI=1S/C19H28N6O/c1-3-26-13-17-24-16-7-10-20-9-6-15(16)19(25-17)23-12-11-22-18-14(2)5-4-8-21-18/h4-5,8,20H,3,6-7,9-13H2,1-2H3,(H,21,22)(H,23,24,25). The number of fused-ring (bicyclic) bond motifs is 1. The van der Waals surface area contributed by atoms with E-state index in [1.165, 1.54) is 5.56 Å². The van der Waals surface area contributed by atoms with Crippen LogP contribution in [0.25, 0.3) is 0 Å². The van der Waals surface area contributed by atoms with Crippen LogP contribution in [0, 0.1) is 6.92 Å². The number of aryl methyl sites for hydroxylation is 1. The number of aromatic nitrogens is 3. The Kier molecular flexibility index (Phi) is 6.74. The van der Waals surface area contributed by atoms with Crippen molar-refractivity contribution >= 4 is 11.6 Å². The van der Waals surface area contributed by atoms with Crippen molar-refractivity contribution in [3.63, 3.8) is 0 Å². The van der Waals surface area contributed by atoms with E-state index < -0.39 is 0 Å². The van der Waals surface area contributed by atoms with E-state index in [1.54, 1.807) is 6.20 Å². The van der Waals surface area contributed by atoms with Crippen molar-refractivity contribution in [2.75, 3.05) is 43.4 Å². The average Bonchev–Trinajstić information content (AvgIpc) is 2.90. The molecule has 0 spiro atoms. The van der Waals surface area contributed by atoms with Crippen molar-refractivity contribution < 1.29 is 4.74 Å². The summed E-state index contributed by atoms with van der Waals surface area (Å²) in [7, 11) is 0. The van der Waals surface area contributed by atoms with E-state index in [4.69, 9.17) is 14.7 Å². The molecule has 0 atom stereocenters. The molecule has 7 heteroatoms. The molecular formula is C19H28N6O. The third-order valence-corrected chi connectivity index (χ3v) is 4.38. The molecule has 2 aromatic rings. The van der Waals surface area contributed by atoms with E-state index in [9.17, 15) is 0 Å². The quantitative estimate of drug-likeness (QED) is 0.623. The summed E-state index contributed by atoms with van der Waals surface area (Å²) in [5.41, 5.74) is 3.51. The highest BCUT2D eigenvalue weighted by atomic mass is 16.5. The molecule has 3 heterocycles. The van der Waals surface area contributed by atoms with E-state index in [0.717, 1.165) is 67.7 Å². The molecule has 2 aromatic heterocycles. The van der Waals surface area contributed by atoms with Gasteiger partial charge in [0.2, 0.25) is 0 Å². The van der Waals surface area contributed by atoms with Gasteiger partial charge in [0.15, 0.2) is 5.82 Å². The Hall–Kier alpha value is -2.25. The van der Waals surface area contributed by atoms with Gasteiger partial charge in [0.1, 0.15) is 18.2 Å². The summed E-state index contributed by atoms with van der Waals surface area (Å²) in [5.74, 6) is 2.62. The van der Waals surface area contributed by atoms with E-state index in [0.29, 0.717) is 13.2 Å². The molecule has 26 heavy (non-hydrogen) atoms. The summed E-state index contributed by atoms with van der Waals surface area (Å²) in [6, 6.07) is 4.00. The number of nitrogens with zero attached hydrogens (tertiary/aromatic N) is 3. The molecular weight excluding hydrogens is 328 g/mol. The van der Waals surface area contributed by atoms with Gasteiger partial charge in [0.05, 0.1) is 5.69 Å². The van der Waals surface area contributed by atoms with Crippen LogP contribution in [-0.2, 0) is 24.2 Å². The van der Waals surface area contributed by atoms with Crippen LogP contribution in [0.15, 0.2) is 18.3 Å². The van der Waals surface area contributed by atoms with E-state index >= 15 is 0 Å². The molecule has 0 saturated carbocycles. The molecule has 0 radical (unpaired) electrons. The van der Waals surface area contributed by atoms with Crippen molar-refractivity contribution in [1.82, 2.24) is 20.3 Å². The fourth-order valence-electron chi connectivity index (χ4n) is 3.03. The van der Waals surface area contributed by atoms with Crippen molar-refractivity contribution in [2.24, 2.45) is 0 Å². The average molecular weight is 356 g/mol. The summed E-state index contributed by atoms with van der Waals surface area (Å²) in [6.45, 7) is 8.61. The van der Waals surface area contributed by atoms with Crippen LogP contribution in [0.3, 0.4) is 0 Å². The van der Waals surface area contributed by atoms with Crippen LogP contribution in [-0.4, -0.2) is 47.7 Å².